The standard InChI is InChI=1S/C19H20F3NO4/c1-10(24)17(25)16-12(9-23)8-15(18-14(16)6-7-26-18)11-2-4-13(5-3-11)27-19(20,21)22/h2-5,8,10,17,24-25H,6-7,9,23H2,1H3/t10-,17+/m0/s1. The van der Waals surface area contributed by atoms with E-state index in [1.165, 1.54) is 31.2 Å². The minimum atomic E-state index is -4.75. The summed E-state index contributed by atoms with van der Waals surface area (Å²) in [5, 5.41) is 20.2. The zero-order chi connectivity index (χ0) is 19.8. The molecule has 0 bridgehead atoms. The minimum Gasteiger partial charge on any atom is -0.492 e. The lowest BCUT2D eigenvalue weighted by atomic mass is 9.88. The zero-order valence-corrected chi connectivity index (χ0v) is 14.6. The number of ether oxygens (including phenoxy) is 2. The predicted molar refractivity (Wildman–Crippen MR) is 92.3 cm³/mol. The topological polar surface area (TPSA) is 84.9 Å². The van der Waals surface area contributed by atoms with Gasteiger partial charge in [-0.05, 0) is 41.8 Å². The molecule has 8 heteroatoms. The maximum absolute atomic E-state index is 12.3. The van der Waals surface area contributed by atoms with Gasteiger partial charge in [-0.25, -0.2) is 0 Å². The highest BCUT2D eigenvalue weighted by molar-refractivity contribution is 5.76. The van der Waals surface area contributed by atoms with Crippen LogP contribution in [0.25, 0.3) is 11.1 Å². The second-order valence-corrected chi connectivity index (χ2v) is 6.36. The molecule has 27 heavy (non-hydrogen) atoms. The first-order chi connectivity index (χ1) is 12.7. The molecule has 1 aliphatic heterocycles. The molecule has 0 amide bonds. The van der Waals surface area contributed by atoms with Crippen molar-refractivity contribution in [3.8, 4) is 22.6 Å². The van der Waals surface area contributed by atoms with Crippen LogP contribution in [0, 0.1) is 0 Å². The van der Waals surface area contributed by atoms with E-state index in [2.05, 4.69) is 4.74 Å². The Morgan fingerprint density at radius 3 is 2.44 bits per heavy atom. The largest absolute Gasteiger partial charge is 0.573 e. The van der Waals surface area contributed by atoms with Gasteiger partial charge in [0.2, 0.25) is 0 Å². The van der Waals surface area contributed by atoms with Gasteiger partial charge in [-0.3, -0.25) is 0 Å². The van der Waals surface area contributed by atoms with Gasteiger partial charge in [-0.2, -0.15) is 0 Å². The molecule has 0 aliphatic carbocycles. The maximum atomic E-state index is 12.3. The Morgan fingerprint density at radius 2 is 1.89 bits per heavy atom. The van der Waals surface area contributed by atoms with Crippen molar-refractivity contribution in [1.82, 2.24) is 0 Å². The summed E-state index contributed by atoms with van der Waals surface area (Å²) in [7, 11) is 0. The van der Waals surface area contributed by atoms with Crippen molar-refractivity contribution in [2.45, 2.75) is 38.5 Å². The third-order valence-corrected chi connectivity index (χ3v) is 4.48. The van der Waals surface area contributed by atoms with E-state index in [0.717, 1.165) is 5.56 Å². The number of rotatable bonds is 5. The Hall–Kier alpha value is -2.29. The molecule has 4 N–H and O–H groups in total. The van der Waals surface area contributed by atoms with Crippen molar-refractivity contribution >= 4 is 0 Å². The van der Waals surface area contributed by atoms with E-state index in [0.29, 0.717) is 41.0 Å². The van der Waals surface area contributed by atoms with Crippen LogP contribution in [0.5, 0.6) is 11.5 Å². The zero-order valence-electron chi connectivity index (χ0n) is 14.6. The molecule has 146 valence electrons. The average Bonchev–Trinajstić information content (AvgIpc) is 3.08. The molecule has 0 unspecified atom stereocenters. The normalized spacial score (nSPS) is 15.8. The van der Waals surface area contributed by atoms with E-state index in [1.54, 1.807) is 6.07 Å². The van der Waals surface area contributed by atoms with Crippen molar-refractivity contribution in [1.29, 1.82) is 0 Å². The number of hydrogen-bond acceptors (Lipinski definition) is 5. The van der Waals surface area contributed by atoms with E-state index >= 15 is 0 Å². The van der Waals surface area contributed by atoms with E-state index in [9.17, 15) is 23.4 Å². The molecule has 3 rings (SSSR count). The quantitative estimate of drug-likeness (QED) is 0.739. The van der Waals surface area contributed by atoms with Crippen LogP contribution < -0.4 is 15.2 Å². The molecule has 0 saturated heterocycles. The van der Waals surface area contributed by atoms with Gasteiger partial charge in [0, 0.05) is 24.1 Å². The monoisotopic (exact) mass is 383 g/mol. The number of alkyl halides is 3. The van der Waals surface area contributed by atoms with E-state index in [4.69, 9.17) is 10.5 Å². The van der Waals surface area contributed by atoms with E-state index < -0.39 is 18.6 Å². The molecule has 1 heterocycles. The average molecular weight is 383 g/mol. The molecule has 0 saturated carbocycles. The molecule has 1 aliphatic rings. The number of fused-ring (bicyclic) bond motifs is 1. The first kappa shape index (κ1) is 19.5. The van der Waals surface area contributed by atoms with Crippen LogP contribution in [0.4, 0.5) is 13.2 Å². The molecular formula is C19H20F3NO4. The van der Waals surface area contributed by atoms with Crippen molar-refractivity contribution in [3.05, 3.63) is 47.0 Å². The van der Waals surface area contributed by atoms with Crippen molar-refractivity contribution in [3.63, 3.8) is 0 Å². The minimum absolute atomic E-state index is 0.134. The Balaban J connectivity index is 2.06. The molecular weight excluding hydrogens is 363 g/mol. The van der Waals surface area contributed by atoms with Gasteiger partial charge in [0.15, 0.2) is 0 Å². The summed E-state index contributed by atoms with van der Waals surface area (Å²) in [6, 6.07) is 7.20. The molecule has 0 spiro atoms. The van der Waals surface area contributed by atoms with Crippen LogP contribution in [0.15, 0.2) is 30.3 Å². The molecule has 2 atom stereocenters. The first-order valence-corrected chi connectivity index (χ1v) is 8.45. The summed E-state index contributed by atoms with van der Waals surface area (Å²) in [4.78, 5) is 0. The molecule has 2 aromatic carbocycles. The van der Waals surface area contributed by atoms with Gasteiger partial charge in [0.25, 0.3) is 0 Å². The van der Waals surface area contributed by atoms with Gasteiger partial charge in [-0.1, -0.05) is 12.1 Å². The lowest BCUT2D eigenvalue weighted by Gasteiger charge is -2.22. The highest BCUT2D eigenvalue weighted by Crippen LogP contribution is 2.43. The summed E-state index contributed by atoms with van der Waals surface area (Å²) >= 11 is 0. The maximum Gasteiger partial charge on any atom is 0.573 e. The number of halogens is 3. The van der Waals surface area contributed by atoms with Gasteiger partial charge >= 0.3 is 6.36 Å². The number of aliphatic hydroxyl groups excluding tert-OH is 2. The smallest absolute Gasteiger partial charge is 0.492 e. The Morgan fingerprint density at radius 1 is 1.22 bits per heavy atom. The second-order valence-electron chi connectivity index (χ2n) is 6.36. The van der Waals surface area contributed by atoms with Gasteiger partial charge in [0.05, 0.1) is 12.7 Å². The Kier molecular flexibility index (Phi) is 5.32. The molecule has 2 aromatic rings. The van der Waals surface area contributed by atoms with Crippen LogP contribution >= 0.6 is 0 Å². The third-order valence-electron chi connectivity index (χ3n) is 4.48. The fourth-order valence-corrected chi connectivity index (χ4v) is 3.29. The lowest BCUT2D eigenvalue weighted by molar-refractivity contribution is -0.274. The highest BCUT2D eigenvalue weighted by atomic mass is 19.4. The van der Waals surface area contributed by atoms with Crippen molar-refractivity contribution in [2.75, 3.05) is 6.61 Å². The predicted octanol–water partition coefficient (Wildman–Crippen LogP) is 3.06. The van der Waals surface area contributed by atoms with Crippen LogP contribution in [-0.4, -0.2) is 29.3 Å². The summed E-state index contributed by atoms with van der Waals surface area (Å²) in [6.45, 7) is 2.03. The van der Waals surface area contributed by atoms with E-state index in [-0.39, 0.29) is 12.3 Å². The first-order valence-electron chi connectivity index (χ1n) is 8.45. The fourth-order valence-electron chi connectivity index (χ4n) is 3.29. The summed E-state index contributed by atoms with van der Waals surface area (Å²) in [6.07, 6.45) is -6.29. The summed E-state index contributed by atoms with van der Waals surface area (Å²) in [5.41, 5.74) is 9.12. The third kappa shape index (κ3) is 4.02. The fraction of sp³-hybridized carbons (Fsp3) is 0.368. The van der Waals surface area contributed by atoms with Crippen LogP contribution in [0.3, 0.4) is 0 Å². The van der Waals surface area contributed by atoms with Gasteiger partial charge in [0.1, 0.15) is 17.6 Å². The van der Waals surface area contributed by atoms with Crippen LogP contribution in [0.2, 0.25) is 0 Å². The number of aliphatic hydroxyl groups is 2. The molecule has 0 fully saturated rings. The molecule has 0 radical (unpaired) electrons. The highest BCUT2D eigenvalue weighted by Gasteiger charge is 2.31. The Bertz CT molecular complexity index is 819. The van der Waals surface area contributed by atoms with Crippen LogP contribution in [0.1, 0.15) is 29.7 Å². The lowest BCUT2D eigenvalue weighted by Crippen LogP contribution is -2.19. The summed E-state index contributed by atoms with van der Waals surface area (Å²) in [5.74, 6) is 0.232. The van der Waals surface area contributed by atoms with Crippen molar-refractivity contribution < 1.29 is 32.9 Å². The number of nitrogens with two attached hydrogens (primary N) is 1. The number of benzene rings is 2. The second kappa shape index (κ2) is 7.38. The van der Waals surface area contributed by atoms with Crippen LogP contribution in [-0.2, 0) is 13.0 Å². The van der Waals surface area contributed by atoms with Gasteiger partial charge < -0.3 is 25.4 Å². The van der Waals surface area contributed by atoms with Gasteiger partial charge in [-0.15, -0.1) is 13.2 Å². The van der Waals surface area contributed by atoms with Crippen molar-refractivity contribution in [2.24, 2.45) is 5.73 Å². The Labute approximate surface area is 154 Å². The number of hydrogen-bond donors (Lipinski definition) is 3. The molecule has 5 nitrogen and oxygen atoms in total. The van der Waals surface area contributed by atoms with E-state index in [1.807, 2.05) is 0 Å². The summed E-state index contributed by atoms with van der Waals surface area (Å²) < 4.78 is 46.6. The molecule has 0 aromatic heterocycles. The SMILES string of the molecule is C[C@H](O)[C@@H](O)c1c(CN)cc(-c2ccc(OC(F)(F)F)cc2)c2c1CCO2.